The van der Waals surface area contributed by atoms with Gasteiger partial charge in [0.2, 0.25) is 5.91 Å². The van der Waals surface area contributed by atoms with Crippen molar-refractivity contribution in [3.05, 3.63) is 24.0 Å². The minimum atomic E-state index is -0.491. The fourth-order valence-electron chi connectivity index (χ4n) is 2.69. The van der Waals surface area contributed by atoms with Gasteiger partial charge in [-0.05, 0) is 31.9 Å². The number of benzene rings is 1. The maximum absolute atomic E-state index is 13.7. The van der Waals surface area contributed by atoms with Gasteiger partial charge in [-0.2, -0.15) is 0 Å². The molecule has 0 bridgehead atoms. The van der Waals surface area contributed by atoms with Crippen molar-refractivity contribution in [3.63, 3.8) is 0 Å². The second-order valence-corrected chi connectivity index (χ2v) is 5.22. The van der Waals surface area contributed by atoms with E-state index in [2.05, 4.69) is 5.32 Å². The van der Waals surface area contributed by atoms with Gasteiger partial charge in [-0.3, -0.25) is 4.79 Å². The molecule has 1 saturated carbocycles. The number of carbonyl (C=O) groups is 1. The van der Waals surface area contributed by atoms with Gasteiger partial charge in [-0.1, -0.05) is 12.8 Å². The van der Waals surface area contributed by atoms with Crippen molar-refractivity contribution in [1.82, 2.24) is 0 Å². The van der Waals surface area contributed by atoms with Crippen LogP contribution in [0.1, 0.15) is 32.6 Å². The van der Waals surface area contributed by atoms with E-state index in [1.54, 1.807) is 13.0 Å². The first-order valence-electron chi connectivity index (χ1n) is 7.05. The standard InChI is InChI=1S/C15H21FN2O2/c1-2-20-13-6-5-11(9-12(13)16)18-14(19)15(10-17)7-3-4-8-15/h5-6,9H,2-4,7-8,10,17H2,1H3,(H,18,19). The second-order valence-electron chi connectivity index (χ2n) is 5.22. The number of rotatable bonds is 5. The van der Waals surface area contributed by atoms with Gasteiger partial charge < -0.3 is 15.8 Å². The van der Waals surface area contributed by atoms with Crippen molar-refractivity contribution in [2.24, 2.45) is 11.1 Å². The van der Waals surface area contributed by atoms with Crippen LogP contribution in [-0.4, -0.2) is 19.1 Å². The molecule has 4 nitrogen and oxygen atoms in total. The molecule has 20 heavy (non-hydrogen) atoms. The average Bonchev–Trinajstić information content (AvgIpc) is 2.92. The Kier molecular flexibility index (Phi) is 4.60. The molecule has 1 aromatic rings. The van der Waals surface area contributed by atoms with E-state index in [9.17, 15) is 9.18 Å². The Labute approximate surface area is 118 Å². The first-order chi connectivity index (χ1) is 9.61. The molecule has 0 unspecified atom stereocenters. The van der Waals surface area contributed by atoms with Crippen LogP contribution in [0.3, 0.4) is 0 Å². The fourth-order valence-corrected chi connectivity index (χ4v) is 2.69. The predicted molar refractivity (Wildman–Crippen MR) is 76.2 cm³/mol. The highest BCUT2D eigenvalue weighted by atomic mass is 19.1. The lowest BCUT2D eigenvalue weighted by Crippen LogP contribution is -2.40. The number of nitrogens with two attached hydrogens (primary N) is 1. The van der Waals surface area contributed by atoms with E-state index >= 15 is 0 Å². The molecule has 1 aromatic carbocycles. The van der Waals surface area contributed by atoms with Crippen LogP contribution in [0.2, 0.25) is 0 Å². The molecule has 0 atom stereocenters. The van der Waals surface area contributed by atoms with Crippen LogP contribution in [0.5, 0.6) is 5.75 Å². The summed E-state index contributed by atoms with van der Waals surface area (Å²) in [5, 5.41) is 2.77. The summed E-state index contributed by atoms with van der Waals surface area (Å²) < 4.78 is 18.9. The third-order valence-corrected chi connectivity index (χ3v) is 3.92. The molecular weight excluding hydrogens is 259 g/mol. The molecule has 0 saturated heterocycles. The lowest BCUT2D eigenvalue weighted by molar-refractivity contribution is -0.124. The predicted octanol–water partition coefficient (Wildman–Crippen LogP) is 2.68. The van der Waals surface area contributed by atoms with Crippen molar-refractivity contribution >= 4 is 11.6 Å². The molecule has 0 radical (unpaired) electrons. The van der Waals surface area contributed by atoms with E-state index in [0.717, 1.165) is 25.7 Å². The molecule has 5 heteroatoms. The first kappa shape index (κ1) is 14.8. The van der Waals surface area contributed by atoms with Crippen LogP contribution in [0, 0.1) is 11.2 Å². The third-order valence-electron chi connectivity index (χ3n) is 3.92. The van der Waals surface area contributed by atoms with Gasteiger partial charge >= 0.3 is 0 Å². The van der Waals surface area contributed by atoms with Gasteiger partial charge in [0.15, 0.2) is 11.6 Å². The van der Waals surface area contributed by atoms with Gasteiger partial charge in [0.25, 0.3) is 0 Å². The van der Waals surface area contributed by atoms with Crippen LogP contribution in [0.4, 0.5) is 10.1 Å². The maximum Gasteiger partial charge on any atom is 0.231 e. The monoisotopic (exact) mass is 280 g/mol. The first-order valence-corrected chi connectivity index (χ1v) is 7.05. The van der Waals surface area contributed by atoms with Crippen LogP contribution >= 0.6 is 0 Å². The number of ether oxygens (including phenoxy) is 1. The number of amides is 1. The third kappa shape index (κ3) is 2.93. The van der Waals surface area contributed by atoms with Gasteiger partial charge in [0.05, 0.1) is 12.0 Å². The Morgan fingerprint density at radius 1 is 1.45 bits per heavy atom. The number of halogens is 1. The van der Waals surface area contributed by atoms with Crippen molar-refractivity contribution < 1.29 is 13.9 Å². The molecule has 1 aliphatic rings. The fraction of sp³-hybridized carbons (Fsp3) is 0.533. The molecule has 0 aliphatic heterocycles. The summed E-state index contributed by atoms with van der Waals surface area (Å²) in [5.74, 6) is -0.390. The Morgan fingerprint density at radius 2 is 2.15 bits per heavy atom. The van der Waals surface area contributed by atoms with Crippen LogP contribution in [0.15, 0.2) is 18.2 Å². The van der Waals surface area contributed by atoms with E-state index in [4.69, 9.17) is 10.5 Å². The number of nitrogens with one attached hydrogen (secondary N) is 1. The summed E-state index contributed by atoms with van der Waals surface area (Å²) in [7, 11) is 0. The Morgan fingerprint density at radius 3 is 2.70 bits per heavy atom. The topological polar surface area (TPSA) is 64.3 Å². The number of carbonyl (C=O) groups excluding carboxylic acids is 1. The Hall–Kier alpha value is -1.62. The highest BCUT2D eigenvalue weighted by molar-refractivity contribution is 5.95. The summed E-state index contributed by atoms with van der Waals surface area (Å²) in [4.78, 5) is 12.3. The van der Waals surface area contributed by atoms with E-state index in [0.29, 0.717) is 18.8 Å². The molecule has 1 aliphatic carbocycles. The molecule has 0 spiro atoms. The van der Waals surface area contributed by atoms with Gasteiger partial charge in [0, 0.05) is 18.3 Å². The summed E-state index contributed by atoms with van der Waals surface area (Å²) in [5.41, 5.74) is 5.71. The molecule has 110 valence electrons. The molecule has 0 aromatic heterocycles. The average molecular weight is 280 g/mol. The highest BCUT2D eigenvalue weighted by Gasteiger charge is 2.39. The van der Waals surface area contributed by atoms with Crippen molar-refractivity contribution in [2.75, 3.05) is 18.5 Å². The van der Waals surface area contributed by atoms with Crippen LogP contribution in [0.25, 0.3) is 0 Å². The van der Waals surface area contributed by atoms with E-state index in [1.807, 2.05) is 0 Å². The van der Waals surface area contributed by atoms with Crippen LogP contribution in [-0.2, 0) is 4.79 Å². The van der Waals surface area contributed by atoms with Crippen molar-refractivity contribution in [3.8, 4) is 5.75 Å². The highest BCUT2D eigenvalue weighted by Crippen LogP contribution is 2.38. The zero-order chi connectivity index (χ0) is 14.6. The summed E-state index contributed by atoms with van der Waals surface area (Å²) >= 11 is 0. The maximum atomic E-state index is 13.7. The quantitative estimate of drug-likeness (QED) is 0.871. The summed E-state index contributed by atoms with van der Waals surface area (Å²) in [6, 6.07) is 4.45. The zero-order valence-corrected chi connectivity index (χ0v) is 11.7. The van der Waals surface area contributed by atoms with Gasteiger partial charge in [-0.25, -0.2) is 4.39 Å². The van der Waals surface area contributed by atoms with Crippen molar-refractivity contribution in [2.45, 2.75) is 32.6 Å². The van der Waals surface area contributed by atoms with E-state index < -0.39 is 11.2 Å². The minimum Gasteiger partial charge on any atom is -0.491 e. The molecular formula is C15H21FN2O2. The summed E-state index contributed by atoms with van der Waals surface area (Å²) in [6.45, 7) is 2.53. The minimum absolute atomic E-state index is 0.110. The number of hydrogen-bond donors (Lipinski definition) is 2. The Balaban J connectivity index is 2.09. The lowest BCUT2D eigenvalue weighted by Gasteiger charge is -2.25. The molecule has 3 N–H and O–H groups in total. The van der Waals surface area contributed by atoms with Crippen molar-refractivity contribution in [1.29, 1.82) is 0 Å². The largest absolute Gasteiger partial charge is 0.491 e. The van der Waals surface area contributed by atoms with E-state index in [-0.39, 0.29) is 11.7 Å². The molecule has 0 heterocycles. The number of hydrogen-bond acceptors (Lipinski definition) is 3. The Bertz CT molecular complexity index is 485. The van der Waals surface area contributed by atoms with E-state index in [1.165, 1.54) is 12.1 Å². The SMILES string of the molecule is CCOc1ccc(NC(=O)C2(CN)CCCC2)cc1F. The normalized spacial score (nSPS) is 16.9. The molecule has 2 rings (SSSR count). The summed E-state index contributed by atoms with van der Waals surface area (Å²) in [6.07, 6.45) is 3.63. The lowest BCUT2D eigenvalue weighted by atomic mass is 9.85. The van der Waals surface area contributed by atoms with Gasteiger partial charge in [0.1, 0.15) is 0 Å². The van der Waals surface area contributed by atoms with Gasteiger partial charge in [-0.15, -0.1) is 0 Å². The molecule has 1 amide bonds. The zero-order valence-electron chi connectivity index (χ0n) is 11.7. The second kappa shape index (κ2) is 6.22. The van der Waals surface area contributed by atoms with Crippen LogP contribution < -0.4 is 15.8 Å². The molecule has 1 fully saturated rings. The number of anilines is 1. The smallest absolute Gasteiger partial charge is 0.231 e.